The van der Waals surface area contributed by atoms with E-state index in [1.165, 1.54) is 38.1 Å². The first-order chi connectivity index (χ1) is 27.8. The van der Waals surface area contributed by atoms with Crippen molar-refractivity contribution >= 4 is 43.6 Å². The molecule has 0 bridgehead atoms. The number of hydrogen-bond donors (Lipinski definition) is 0. The normalized spacial score (nSPS) is 11.6. The van der Waals surface area contributed by atoms with Crippen LogP contribution in [0.1, 0.15) is 0 Å². The molecule has 3 aromatic heterocycles. The molecular weight excluding hydrogens is 683 g/mol. The van der Waals surface area contributed by atoms with Gasteiger partial charge in [0.1, 0.15) is 0 Å². The van der Waals surface area contributed by atoms with Crippen LogP contribution >= 0.6 is 0 Å². The monoisotopic (exact) mass is 715 g/mol. The van der Waals surface area contributed by atoms with E-state index in [-0.39, 0.29) is 0 Å². The van der Waals surface area contributed by atoms with Crippen molar-refractivity contribution in [2.45, 2.75) is 0 Å². The highest BCUT2D eigenvalue weighted by molar-refractivity contribution is 6.26. The van der Waals surface area contributed by atoms with Crippen molar-refractivity contribution in [3.63, 3.8) is 0 Å². The molecule has 0 aliphatic carbocycles. The zero-order valence-corrected chi connectivity index (χ0v) is 30.3. The maximum Gasteiger partial charge on any atom is 0.164 e. The second kappa shape index (κ2) is 13.0. The molecule has 0 amide bonds. The van der Waals surface area contributed by atoms with Crippen LogP contribution in [0.4, 0.5) is 0 Å². The highest BCUT2D eigenvalue weighted by Crippen LogP contribution is 2.42. The van der Waals surface area contributed by atoms with Gasteiger partial charge in [-0.15, -0.1) is 0 Å². The average molecular weight is 716 g/mol. The fourth-order valence-corrected chi connectivity index (χ4v) is 8.18. The standard InChI is InChI=1S/C51H33N5/c1-4-14-34(15-5-1)35-24-26-37(27-25-35)50-52-49(36-16-6-2-7-17-36)53-51(54-50)38-28-30-40(31-29-38)55-45-23-13-11-21-43(45)47-46(55)33-32-42-41-20-10-12-22-44(41)56(48(42)47)39-18-8-3-9-19-39/h1-33H. The molecule has 0 unspecified atom stereocenters. The quantitative estimate of drug-likeness (QED) is 0.172. The molecule has 0 aliphatic heterocycles. The molecule has 56 heavy (non-hydrogen) atoms. The molecule has 0 fully saturated rings. The highest BCUT2D eigenvalue weighted by Gasteiger charge is 2.21. The van der Waals surface area contributed by atoms with Gasteiger partial charge in [-0.2, -0.15) is 0 Å². The van der Waals surface area contributed by atoms with E-state index in [1.807, 2.05) is 36.4 Å². The van der Waals surface area contributed by atoms with Gasteiger partial charge in [-0.1, -0.05) is 146 Å². The molecule has 0 saturated heterocycles. The number of aromatic nitrogens is 5. The maximum atomic E-state index is 5.06. The van der Waals surface area contributed by atoms with E-state index in [9.17, 15) is 0 Å². The van der Waals surface area contributed by atoms with E-state index in [4.69, 9.17) is 15.0 Å². The number of rotatable bonds is 6. The van der Waals surface area contributed by atoms with Gasteiger partial charge in [-0.25, -0.2) is 15.0 Å². The summed E-state index contributed by atoms with van der Waals surface area (Å²) in [5.41, 5.74) is 12.0. The Bertz CT molecular complexity index is 3200. The second-order valence-corrected chi connectivity index (χ2v) is 14.1. The van der Waals surface area contributed by atoms with E-state index in [0.29, 0.717) is 17.5 Å². The fraction of sp³-hybridized carbons (Fsp3) is 0. The predicted octanol–water partition coefficient (Wildman–Crippen LogP) is 12.7. The van der Waals surface area contributed by atoms with Crippen LogP contribution < -0.4 is 0 Å². The minimum absolute atomic E-state index is 0.629. The van der Waals surface area contributed by atoms with Gasteiger partial charge in [0.25, 0.3) is 0 Å². The number of fused-ring (bicyclic) bond motifs is 7. The Hall–Kier alpha value is -7.63. The van der Waals surface area contributed by atoms with E-state index in [1.54, 1.807) is 0 Å². The number of hydrogen-bond acceptors (Lipinski definition) is 3. The topological polar surface area (TPSA) is 48.5 Å². The van der Waals surface area contributed by atoms with Gasteiger partial charge in [-0.3, -0.25) is 0 Å². The molecule has 8 aromatic carbocycles. The molecule has 0 N–H and O–H groups in total. The molecule has 0 atom stereocenters. The lowest BCUT2D eigenvalue weighted by Gasteiger charge is -2.11. The summed E-state index contributed by atoms with van der Waals surface area (Å²) in [6, 6.07) is 70.3. The van der Waals surface area contributed by atoms with E-state index in [0.717, 1.165) is 44.7 Å². The third-order valence-electron chi connectivity index (χ3n) is 10.8. The fourth-order valence-electron chi connectivity index (χ4n) is 8.18. The van der Waals surface area contributed by atoms with Crippen molar-refractivity contribution in [1.29, 1.82) is 0 Å². The summed E-state index contributed by atoms with van der Waals surface area (Å²) in [4.78, 5) is 15.0. The zero-order valence-electron chi connectivity index (χ0n) is 30.3. The molecule has 262 valence electrons. The summed E-state index contributed by atoms with van der Waals surface area (Å²) in [7, 11) is 0. The smallest absolute Gasteiger partial charge is 0.164 e. The van der Waals surface area contributed by atoms with Crippen molar-refractivity contribution in [3.05, 3.63) is 200 Å². The van der Waals surface area contributed by atoms with Crippen LogP contribution in [0.5, 0.6) is 0 Å². The lowest BCUT2D eigenvalue weighted by molar-refractivity contribution is 1.07. The van der Waals surface area contributed by atoms with Gasteiger partial charge in [0.15, 0.2) is 17.5 Å². The van der Waals surface area contributed by atoms with E-state index >= 15 is 0 Å². The first kappa shape index (κ1) is 31.9. The van der Waals surface area contributed by atoms with Gasteiger partial charge >= 0.3 is 0 Å². The van der Waals surface area contributed by atoms with Crippen molar-refractivity contribution in [3.8, 4) is 56.7 Å². The Kier molecular flexibility index (Phi) is 7.42. The van der Waals surface area contributed by atoms with E-state index in [2.05, 4.69) is 173 Å². The second-order valence-electron chi connectivity index (χ2n) is 14.1. The summed E-state index contributed by atoms with van der Waals surface area (Å²) < 4.78 is 4.80. The van der Waals surface area contributed by atoms with Crippen LogP contribution in [0.15, 0.2) is 200 Å². The van der Waals surface area contributed by atoms with Crippen molar-refractivity contribution in [2.24, 2.45) is 0 Å². The molecular formula is C51H33N5. The Morgan fingerprint density at radius 2 is 0.696 bits per heavy atom. The lowest BCUT2D eigenvalue weighted by atomic mass is 10.0. The lowest BCUT2D eigenvalue weighted by Crippen LogP contribution is -2.00. The van der Waals surface area contributed by atoms with Crippen LogP contribution in [0.3, 0.4) is 0 Å². The third kappa shape index (κ3) is 5.21. The first-order valence-electron chi connectivity index (χ1n) is 18.9. The van der Waals surface area contributed by atoms with E-state index < -0.39 is 0 Å². The third-order valence-corrected chi connectivity index (χ3v) is 10.8. The van der Waals surface area contributed by atoms with Crippen LogP contribution in [0, 0.1) is 0 Å². The van der Waals surface area contributed by atoms with Gasteiger partial charge in [0, 0.05) is 49.6 Å². The minimum atomic E-state index is 0.629. The molecule has 5 nitrogen and oxygen atoms in total. The molecule has 3 heterocycles. The average Bonchev–Trinajstić information content (AvgIpc) is 3.80. The summed E-state index contributed by atoms with van der Waals surface area (Å²) in [6.07, 6.45) is 0. The van der Waals surface area contributed by atoms with Crippen LogP contribution in [0.25, 0.3) is 100 Å². The molecule has 11 aromatic rings. The summed E-state index contributed by atoms with van der Waals surface area (Å²) in [5.74, 6) is 1.91. The number of para-hydroxylation sites is 3. The van der Waals surface area contributed by atoms with Crippen LogP contribution in [-0.2, 0) is 0 Å². The van der Waals surface area contributed by atoms with Gasteiger partial charge in [-0.05, 0) is 65.7 Å². The van der Waals surface area contributed by atoms with Crippen molar-refractivity contribution < 1.29 is 0 Å². The molecule has 0 radical (unpaired) electrons. The molecule has 0 saturated carbocycles. The van der Waals surface area contributed by atoms with Gasteiger partial charge in [0.2, 0.25) is 0 Å². The largest absolute Gasteiger partial charge is 0.309 e. The predicted molar refractivity (Wildman–Crippen MR) is 230 cm³/mol. The van der Waals surface area contributed by atoms with Crippen molar-refractivity contribution in [2.75, 3.05) is 0 Å². The Balaban J connectivity index is 1.06. The van der Waals surface area contributed by atoms with Crippen molar-refractivity contribution in [1.82, 2.24) is 24.1 Å². The van der Waals surface area contributed by atoms with Gasteiger partial charge in [0.05, 0.1) is 22.1 Å². The zero-order chi connectivity index (χ0) is 37.0. The maximum absolute atomic E-state index is 5.06. The summed E-state index contributed by atoms with van der Waals surface area (Å²) in [6.45, 7) is 0. The first-order valence-corrected chi connectivity index (χ1v) is 18.9. The van der Waals surface area contributed by atoms with Crippen LogP contribution in [0.2, 0.25) is 0 Å². The Morgan fingerprint density at radius 1 is 0.268 bits per heavy atom. The minimum Gasteiger partial charge on any atom is -0.309 e. The summed E-state index contributed by atoms with van der Waals surface area (Å²) >= 11 is 0. The molecule has 0 spiro atoms. The highest BCUT2D eigenvalue weighted by atomic mass is 15.0. The molecule has 0 aliphatic rings. The molecule has 5 heteroatoms. The number of benzene rings is 8. The molecule has 11 rings (SSSR count). The van der Waals surface area contributed by atoms with Gasteiger partial charge < -0.3 is 9.13 Å². The Morgan fingerprint density at radius 3 is 1.32 bits per heavy atom. The summed E-state index contributed by atoms with van der Waals surface area (Å²) in [5, 5.41) is 4.93. The number of nitrogens with zero attached hydrogens (tertiary/aromatic N) is 5. The Labute approximate surface area is 323 Å². The SMILES string of the molecule is c1ccc(-c2ccc(-c3nc(-c4ccccc4)nc(-c4ccc(-n5c6ccccc6c6c5ccc5c7ccccc7n(-c7ccccc7)c56)cc4)n3)cc2)cc1. The van der Waals surface area contributed by atoms with Crippen LogP contribution in [-0.4, -0.2) is 24.1 Å².